The summed E-state index contributed by atoms with van der Waals surface area (Å²) in [6, 6.07) is 16.9. The molecule has 0 spiro atoms. The average Bonchev–Trinajstić information content (AvgIpc) is 2.67. The van der Waals surface area contributed by atoms with Crippen molar-refractivity contribution in [2.75, 3.05) is 18.5 Å². The van der Waals surface area contributed by atoms with Crippen LogP contribution in [0.15, 0.2) is 54.6 Å². The van der Waals surface area contributed by atoms with Gasteiger partial charge in [0, 0.05) is 5.69 Å². The van der Waals surface area contributed by atoms with E-state index in [0.717, 1.165) is 6.42 Å². The van der Waals surface area contributed by atoms with Gasteiger partial charge >= 0.3 is 5.97 Å². The quantitative estimate of drug-likeness (QED) is 0.686. The van der Waals surface area contributed by atoms with Crippen LogP contribution in [0.1, 0.15) is 38.2 Å². The van der Waals surface area contributed by atoms with Crippen molar-refractivity contribution in [2.45, 2.75) is 32.6 Å². The second-order valence-electron chi connectivity index (χ2n) is 6.05. The molecule has 5 heteroatoms. The Labute approximate surface area is 154 Å². The molecule has 1 amide bonds. The minimum Gasteiger partial charge on any atom is -0.493 e. The van der Waals surface area contributed by atoms with E-state index in [0.29, 0.717) is 17.4 Å². The summed E-state index contributed by atoms with van der Waals surface area (Å²) in [5, 5.41) is 2.72. The molecule has 0 saturated heterocycles. The molecule has 5 nitrogen and oxygen atoms in total. The Morgan fingerprint density at radius 3 is 2.38 bits per heavy atom. The number of hydrogen-bond donors (Lipinski definition) is 1. The van der Waals surface area contributed by atoms with Crippen LogP contribution in [0.25, 0.3) is 0 Å². The fourth-order valence-corrected chi connectivity index (χ4v) is 2.31. The van der Waals surface area contributed by atoms with E-state index < -0.39 is 5.97 Å². The molecule has 0 aliphatic carbocycles. The van der Waals surface area contributed by atoms with E-state index in [-0.39, 0.29) is 25.5 Å². The van der Waals surface area contributed by atoms with Crippen molar-refractivity contribution in [3.8, 4) is 5.75 Å². The van der Waals surface area contributed by atoms with Crippen LogP contribution in [0.2, 0.25) is 0 Å². The number of carbonyl (C=O) groups excluding carboxylic acids is 2. The van der Waals surface area contributed by atoms with Gasteiger partial charge in [-0.25, -0.2) is 0 Å². The van der Waals surface area contributed by atoms with Crippen LogP contribution >= 0.6 is 0 Å². The number of nitrogens with one attached hydrogen (secondary N) is 1. The van der Waals surface area contributed by atoms with E-state index in [9.17, 15) is 9.59 Å². The first-order valence-corrected chi connectivity index (χ1v) is 8.81. The molecule has 0 aromatic heterocycles. The topological polar surface area (TPSA) is 64.6 Å². The van der Waals surface area contributed by atoms with E-state index in [2.05, 4.69) is 19.2 Å². The molecule has 2 rings (SSSR count). The Balaban J connectivity index is 1.67. The third-order valence-electron chi connectivity index (χ3n) is 4.06. The van der Waals surface area contributed by atoms with Crippen LogP contribution in [0.4, 0.5) is 5.69 Å². The van der Waals surface area contributed by atoms with Crippen LogP contribution in [0.3, 0.4) is 0 Å². The zero-order chi connectivity index (χ0) is 18.8. The maximum absolute atomic E-state index is 11.9. The minimum atomic E-state index is -0.469. The van der Waals surface area contributed by atoms with Gasteiger partial charge in [-0.1, -0.05) is 44.2 Å². The lowest BCUT2D eigenvalue weighted by Crippen LogP contribution is -2.21. The zero-order valence-electron chi connectivity index (χ0n) is 15.2. The summed E-state index contributed by atoms with van der Waals surface area (Å²) in [5.74, 6) is 0.347. The number of carbonyl (C=O) groups is 2. The van der Waals surface area contributed by atoms with Crippen LogP contribution in [-0.2, 0) is 14.3 Å². The molecule has 0 saturated carbocycles. The lowest BCUT2D eigenvalue weighted by molar-refractivity contribution is -0.147. The summed E-state index contributed by atoms with van der Waals surface area (Å²) in [4.78, 5) is 23.5. The number of anilines is 1. The second kappa shape index (κ2) is 10.2. The van der Waals surface area contributed by atoms with E-state index in [1.807, 2.05) is 54.6 Å². The second-order valence-corrected chi connectivity index (χ2v) is 6.05. The van der Waals surface area contributed by atoms with Crippen LogP contribution in [0, 0.1) is 0 Å². The number of benzene rings is 2. The highest BCUT2D eigenvalue weighted by atomic mass is 16.5. The lowest BCUT2D eigenvalue weighted by atomic mass is 9.99. The van der Waals surface area contributed by atoms with Crippen molar-refractivity contribution in [1.82, 2.24) is 0 Å². The number of esters is 1. The molecule has 1 N–H and O–H groups in total. The molecule has 0 bridgehead atoms. The molecule has 0 radical (unpaired) electrons. The fourth-order valence-electron chi connectivity index (χ4n) is 2.31. The molecule has 2 aromatic rings. The normalized spacial score (nSPS) is 11.5. The highest BCUT2D eigenvalue weighted by molar-refractivity contribution is 5.92. The number of amides is 1. The molecule has 0 fully saturated rings. The van der Waals surface area contributed by atoms with Crippen molar-refractivity contribution in [3.05, 3.63) is 60.2 Å². The highest BCUT2D eigenvalue weighted by Gasteiger charge is 2.09. The Bertz CT molecular complexity index is 698. The van der Waals surface area contributed by atoms with Crippen molar-refractivity contribution in [1.29, 1.82) is 0 Å². The monoisotopic (exact) mass is 355 g/mol. The van der Waals surface area contributed by atoms with Gasteiger partial charge < -0.3 is 14.8 Å². The van der Waals surface area contributed by atoms with Crippen LogP contribution < -0.4 is 10.1 Å². The predicted octanol–water partition coefficient (Wildman–Crippen LogP) is 4.15. The average molecular weight is 355 g/mol. The summed E-state index contributed by atoms with van der Waals surface area (Å²) >= 11 is 0. The molecular formula is C21H25NO4. The largest absolute Gasteiger partial charge is 0.493 e. The van der Waals surface area contributed by atoms with Crippen LogP contribution in [0.5, 0.6) is 5.75 Å². The highest BCUT2D eigenvalue weighted by Crippen LogP contribution is 2.20. The lowest BCUT2D eigenvalue weighted by Gasteiger charge is -2.11. The molecule has 0 unspecified atom stereocenters. The molecule has 0 aliphatic rings. The van der Waals surface area contributed by atoms with Crippen molar-refractivity contribution >= 4 is 17.6 Å². The Kier molecular flexibility index (Phi) is 7.68. The van der Waals surface area contributed by atoms with Gasteiger partial charge in [-0.2, -0.15) is 0 Å². The van der Waals surface area contributed by atoms with Crippen molar-refractivity contribution in [3.63, 3.8) is 0 Å². The van der Waals surface area contributed by atoms with Crippen LogP contribution in [-0.4, -0.2) is 25.1 Å². The van der Waals surface area contributed by atoms with Gasteiger partial charge in [0.1, 0.15) is 5.75 Å². The Hall–Kier alpha value is -2.82. The third-order valence-corrected chi connectivity index (χ3v) is 4.06. The summed E-state index contributed by atoms with van der Waals surface area (Å²) in [7, 11) is 0. The van der Waals surface area contributed by atoms with Gasteiger partial charge in [0.05, 0.1) is 13.0 Å². The summed E-state index contributed by atoms with van der Waals surface area (Å²) in [6.07, 6.45) is 1.15. The molecular weight excluding hydrogens is 330 g/mol. The summed E-state index contributed by atoms with van der Waals surface area (Å²) in [5.41, 5.74) is 1.92. The first kappa shape index (κ1) is 19.5. The number of para-hydroxylation sites is 1. The Morgan fingerprint density at radius 1 is 1.04 bits per heavy atom. The van der Waals surface area contributed by atoms with Crippen molar-refractivity contribution < 1.29 is 19.1 Å². The summed E-state index contributed by atoms with van der Waals surface area (Å²) in [6.45, 7) is 4.20. The van der Waals surface area contributed by atoms with Gasteiger partial charge in [-0.15, -0.1) is 0 Å². The van der Waals surface area contributed by atoms with Gasteiger partial charge in [-0.3, -0.25) is 9.59 Å². The molecule has 0 aliphatic heterocycles. The predicted molar refractivity (Wildman–Crippen MR) is 101 cm³/mol. The number of hydrogen-bond acceptors (Lipinski definition) is 4. The summed E-state index contributed by atoms with van der Waals surface area (Å²) < 4.78 is 10.4. The smallest absolute Gasteiger partial charge is 0.309 e. The zero-order valence-corrected chi connectivity index (χ0v) is 15.2. The van der Waals surface area contributed by atoms with E-state index in [1.165, 1.54) is 5.56 Å². The molecule has 138 valence electrons. The van der Waals surface area contributed by atoms with E-state index in [1.54, 1.807) is 0 Å². The number of rotatable bonds is 9. The maximum Gasteiger partial charge on any atom is 0.309 e. The molecule has 1 atom stereocenters. The molecule has 2 aromatic carbocycles. The van der Waals surface area contributed by atoms with E-state index in [4.69, 9.17) is 9.47 Å². The molecule has 0 heterocycles. The number of ether oxygens (including phenoxy) is 2. The van der Waals surface area contributed by atoms with Crippen molar-refractivity contribution in [2.24, 2.45) is 0 Å². The SMILES string of the molecule is CC[C@H](C)c1ccc(NC(=O)COC(=O)CCOc2ccccc2)cc1. The van der Waals surface area contributed by atoms with Gasteiger partial charge in [0.15, 0.2) is 6.61 Å². The Morgan fingerprint density at radius 2 is 1.73 bits per heavy atom. The van der Waals surface area contributed by atoms with E-state index >= 15 is 0 Å². The first-order valence-electron chi connectivity index (χ1n) is 8.81. The molecule has 26 heavy (non-hydrogen) atoms. The first-order chi connectivity index (χ1) is 12.6. The van der Waals surface area contributed by atoms with Gasteiger partial charge in [0.25, 0.3) is 5.91 Å². The third kappa shape index (κ3) is 6.59. The standard InChI is InChI=1S/C21H25NO4/c1-3-16(2)17-9-11-18(12-10-17)22-20(23)15-26-21(24)13-14-25-19-7-5-4-6-8-19/h4-12,16H,3,13-15H2,1-2H3,(H,22,23)/t16-/m0/s1. The minimum absolute atomic E-state index is 0.0891. The fraction of sp³-hybridized carbons (Fsp3) is 0.333. The van der Waals surface area contributed by atoms with Gasteiger partial charge in [-0.05, 0) is 42.2 Å². The maximum atomic E-state index is 11.9. The van der Waals surface area contributed by atoms with Gasteiger partial charge in [0.2, 0.25) is 0 Å².